The van der Waals surface area contributed by atoms with Crippen molar-refractivity contribution in [3.05, 3.63) is 101 Å². The van der Waals surface area contributed by atoms with Crippen molar-refractivity contribution in [2.24, 2.45) is 0 Å². The molecule has 1 aliphatic heterocycles. The summed E-state index contributed by atoms with van der Waals surface area (Å²) in [6.07, 6.45) is 2.12. The minimum absolute atomic E-state index is 0.0197. The van der Waals surface area contributed by atoms with E-state index in [4.69, 9.17) is 4.42 Å². The van der Waals surface area contributed by atoms with Gasteiger partial charge in [0.05, 0.1) is 0 Å². The third-order valence-corrected chi connectivity index (χ3v) is 5.26. The third-order valence-electron chi connectivity index (χ3n) is 5.26. The number of nitrogens with zero attached hydrogens (tertiary/aromatic N) is 2. The van der Waals surface area contributed by atoms with Crippen LogP contribution < -0.4 is 0 Å². The molecular weight excluding hydrogens is 388 g/mol. The molecular formula is C26H20N2O3. The predicted molar refractivity (Wildman–Crippen MR) is 117 cm³/mol. The van der Waals surface area contributed by atoms with Gasteiger partial charge in [0, 0.05) is 17.7 Å². The van der Waals surface area contributed by atoms with E-state index in [1.165, 1.54) is 0 Å². The minimum Gasteiger partial charge on any atom is -0.457 e. The molecule has 2 heterocycles. The van der Waals surface area contributed by atoms with Crippen LogP contribution in [0.5, 0.6) is 0 Å². The average Bonchev–Trinajstić information content (AvgIpc) is 3.27. The summed E-state index contributed by atoms with van der Waals surface area (Å²) in [6, 6.07) is 24.8. The first-order chi connectivity index (χ1) is 15.1. The lowest BCUT2D eigenvalue weighted by Gasteiger charge is -2.27. The van der Waals surface area contributed by atoms with Crippen molar-refractivity contribution in [2.45, 2.75) is 13.3 Å². The fourth-order valence-electron chi connectivity index (χ4n) is 3.55. The van der Waals surface area contributed by atoms with Gasteiger partial charge in [-0.1, -0.05) is 60.7 Å². The topological polar surface area (TPSA) is 74.3 Å². The number of rotatable bonds is 5. The van der Waals surface area contributed by atoms with Crippen molar-refractivity contribution < 1.29 is 14.0 Å². The van der Waals surface area contributed by atoms with Crippen molar-refractivity contribution >= 4 is 17.9 Å². The largest absolute Gasteiger partial charge is 0.457 e. The van der Waals surface area contributed by atoms with Gasteiger partial charge in [0.1, 0.15) is 23.2 Å². The van der Waals surface area contributed by atoms with Crippen LogP contribution in [0.25, 0.3) is 17.4 Å². The van der Waals surface area contributed by atoms with Crippen molar-refractivity contribution in [1.29, 1.82) is 5.26 Å². The van der Waals surface area contributed by atoms with E-state index in [2.05, 4.69) is 0 Å². The number of nitriles is 1. The Labute approximate surface area is 180 Å². The van der Waals surface area contributed by atoms with Crippen LogP contribution in [0.1, 0.15) is 18.2 Å². The number of hydrogen-bond donors (Lipinski definition) is 0. The number of carbonyl (C=O) groups is 2. The lowest BCUT2D eigenvalue weighted by atomic mass is 9.94. The maximum Gasteiger partial charge on any atom is 0.271 e. The van der Waals surface area contributed by atoms with Crippen molar-refractivity contribution in [3.8, 4) is 17.4 Å². The van der Waals surface area contributed by atoms with Crippen molar-refractivity contribution in [2.75, 3.05) is 6.54 Å². The monoisotopic (exact) mass is 408 g/mol. The number of benzene rings is 2. The lowest BCUT2D eigenvalue weighted by molar-refractivity contribution is -0.140. The molecule has 1 aromatic heterocycles. The maximum absolute atomic E-state index is 13.2. The molecule has 0 atom stereocenters. The minimum atomic E-state index is -0.553. The van der Waals surface area contributed by atoms with Gasteiger partial charge in [-0.25, -0.2) is 0 Å². The van der Waals surface area contributed by atoms with Crippen LogP contribution in [0.3, 0.4) is 0 Å². The molecule has 0 saturated carbocycles. The van der Waals surface area contributed by atoms with Gasteiger partial charge in [-0.2, -0.15) is 5.26 Å². The highest BCUT2D eigenvalue weighted by molar-refractivity contribution is 6.19. The van der Waals surface area contributed by atoms with E-state index in [0.717, 1.165) is 16.0 Å². The van der Waals surface area contributed by atoms with Crippen molar-refractivity contribution in [3.63, 3.8) is 0 Å². The van der Waals surface area contributed by atoms with Crippen LogP contribution >= 0.6 is 0 Å². The molecule has 2 aromatic carbocycles. The number of furan rings is 1. The summed E-state index contributed by atoms with van der Waals surface area (Å²) < 4.78 is 5.89. The van der Waals surface area contributed by atoms with Gasteiger partial charge >= 0.3 is 0 Å². The standard InChI is InChI=1S/C26H20N2O3/c1-18-22(16-21-12-13-24(31-21)20-10-6-3-7-11-20)25(29)28(26(30)23(18)17-27)15-14-19-8-4-2-5-9-19/h2-13,16H,14-15H2,1H3/b22-16-. The molecule has 0 N–H and O–H groups in total. The summed E-state index contributed by atoms with van der Waals surface area (Å²) in [6.45, 7) is 1.82. The number of amides is 2. The van der Waals surface area contributed by atoms with E-state index in [0.29, 0.717) is 23.5 Å². The van der Waals surface area contributed by atoms with Gasteiger partial charge in [-0.05, 0) is 42.7 Å². The van der Waals surface area contributed by atoms with Gasteiger partial charge in [0.25, 0.3) is 11.8 Å². The Balaban J connectivity index is 1.65. The van der Waals surface area contributed by atoms with Gasteiger partial charge in [0.2, 0.25) is 0 Å². The van der Waals surface area contributed by atoms with Gasteiger partial charge < -0.3 is 4.42 Å². The first kappa shape index (κ1) is 20.1. The van der Waals surface area contributed by atoms with Crippen LogP contribution in [-0.4, -0.2) is 23.3 Å². The first-order valence-electron chi connectivity index (χ1n) is 9.97. The number of carbonyl (C=O) groups excluding carboxylic acids is 2. The molecule has 2 amide bonds. The van der Waals surface area contributed by atoms with E-state index in [9.17, 15) is 14.9 Å². The van der Waals surface area contributed by atoms with Gasteiger partial charge in [0.15, 0.2) is 0 Å². The summed E-state index contributed by atoms with van der Waals surface area (Å²) >= 11 is 0. The van der Waals surface area contributed by atoms with Gasteiger partial charge in [-0.3, -0.25) is 14.5 Å². The second kappa shape index (κ2) is 8.68. The fourth-order valence-corrected chi connectivity index (χ4v) is 3.55. The molecule has 5 heteroatoms. The summed E-state index contributed by atoms with van der Waals surface area (Å²) in [5.74, 6) is 0.184. The molecule has 4 rings (SSSR count). The van der Waals surface area contributed by atoms with Crippen molar-refractivity contribution in [1.82, 2.24) is 4.90 Å². The summed E-state index contributed by atoms with van der Waals surface area (Å²) in [5.41, 5.74) is 2.57. The zero-order valence-corrected chi connectivity index (χ0v) is 17.0. The number of imide groups is 1. The molecule has 0 aliphatic carbocycles. The molecule has 0 bridgehead atoms. The Hall–Kier alpha value is -4.17. The average molecular weight is 408 g/mol. The molecule has 0 unspecified atom stereocenters. The zero-order chi connectivity index (χ0) is 21.8. The quantitative estimate of drug-likeness (QED) is 0.450. The predicted octanol–water partition coefficient (Wildman–Crippen LogP) is 4.78. The maximum atomic E-state index is 13.2. The smallest absolute Gasteiger partial charge is 0.271 e. The zero-order valence-electron chi connectivity index (χ0n) is 17.0. The molecule has 152 valence electrons. The molecule has 0 fully saturated rings. The molecule has 31 heavy (non-hydrogen) atoms. The van der Waals surface area contributed by atoms with Crippen LogP contribution in [-0.2, 0) is 16.0 Å². The van der Waals surface area contributed by atoms with Crippen LogP contribution in [0.2, 0.25) is 0 Å². The van der Waals surface area contributed by atoms with E-state index >= 15 is 0 Å². The highest BCUT2D eigenvalue weighted by Gasteiger charge is 2.35. The van der Waals surface area contributed by atoms with Gasteiger partial charge in [-0.15, -0.1) is 0 Å². The Morgan fingerprint density at radius 1 is 0.935 bits per heavy atom. The highest BCUT2D eigenvalue weighted by Crippen LogP contribution is 2.29. The first-order valence-corrected chi connectivity index (χ1v) is 9.97. The van der Waals surface area contributed by atoms with Crippen LogP contribution in [0.4, 0.5) is 0 Å². The second-order valence-corrected chi connectivity index (χ2v) is 7.24. The fraction of sp³-hybridized carbons (Fsp3) is 0.115. The van der Waals surface area contributed by atoms with E-state index < -0.39 is 11.8 Å². The second-order valence-electron chi connectivity index (χ2n) is 7.24. The molecule has 0 saturated heterocycles. The van der Waals surface area contributed by atoms with Crippen LogP contribution in [0, 0.1) is 11.3 Å². The Morgan fingerprint density at radius 3 is 2.29 bits per heavy atom. The Morgan fingerprint density at radius 2 is 1.61 bits per heavy atom. The normalized spacial score (nSPS) is 15.5. The van der Waals surface area contributed by atoms with Crippen LogP contribution in [0.15, 0.2) is 93.9 Å². The molecule has 1 aliphatic rings. The highest BCUT2D eigenvalue weighted by atomic mass is 16.3. The third kappa shape index (κ3) is 4.10. The summed E-state index contributed by atoms with van der Waals surface area (Å²) in [5, 5.41) is 9.54. The Kier molecular flexibility index (Phi) is 5.63. The number of hydrogen-bond acceptors (Lipinski definition) is 4. The Bertz CT molecular complexity index is 1230. The summed E-state index contributed by atoms with van der Waals surface area (Å²) in [7, 11) is 0. The lowest BCUT2D eigenvalue weighted by Crippen LogP contribution is -2.43. The van der Waals surface area contributed by atoms with E-state index in [1.807, 2.05) is 72.8 Å². The summed E-state index contributed by atoms with van der Waals surface area (Å²) in [4.78, 5) is 27.1. The molecule has 5 nitrogen and oxygen atoms in total. The van der Waals surface area contributed by atoms with E-state index in [1.54, 1.807) is 19.1 Å². The molecule has 0 radical (unpaired) electrons. The molecule has 0 spiro atoms. The van der Waals surface area contributed by atoms with E-state index in [-0.39, 0.29) is 17.7 Å². The molecule has 3 aromatic rings. The SMILES string of the molecule is CC1=C(C#N)C(=O)N(CCc2ccccc2)C(=O)/C1=C\c1ccc(-c2ccccc2)o1.